The third-order valence-electron chi connectivity index (χ3n) is 5.71. The number of nitrogens with zero attached hydrogens (tertiary/aromatic N) is 2. The van der Waals surface area contributed by atoms with Crippen molar-refractivity contribution in [2.45, 2.75) is 63.7 Å². The van der Waals surface area contributed by atoms with E-state index in [2.05, 4.69) is 10.1 Å². The molecule has 1 N–H and O–H groups in total. The third-order valence-corrected chi connectivity index (χ3v) is 5.71. The third kappa shape index (κ3) is 5.95. The summed E-state index contributed by atoms with van der Waals surface area (Å²) in [5.74, 6) is 1.69. The van der Waals surface area contributed by atoms with Gasteiger partial charge in [0.05, 0.1) is 20.6 Å². The van der Waals surface area contributed by atoms with E-state index in [1.54, 1.807) is 32.4 Å². The van der Waals surface area contributed by atoms with Crippen molar-refractivity contribution in [3.63, 3.8) is 0 Å². The van der Waals surface area contributed by atoms with Gasteiger partial charge in [0.1, 0.15) is 11.5 Å². The Morgan fingerprint density at radius 1 is 1.17 bits per heavy atom. The van der Waals surface area contributed by atoms with Crippen molar-refractivity contribution >= 4 is 5.97 Å². The van der Waals surface area contributed by atoms with Gasteiger partial charge in [-0.25, -0.2) is 0 Å². The smallest absolute Gasteiger partial charge is 0.304 e. The minimum Gasteiger partial charge on any atom is -0.497 e. The van der Waals surface area contributed by atoms with Crippen LogP contribution in [0.2, 0.25) is 0 Å². The van der Waals surface area contributed by atoms with Gasteiger partial charge in [-0.15, -0.1) is 0 Å². The molecule has 29 heavy (non-hydrogen) atoms. The number of aliphatic carboxylic acids is 1. The summed E-state index contributed by atoms with van der Waals surface area (Å²) in [4.78, 5) is 15.9. The number of carboxylic acids is 1. The van der Waals surface area contributed by atoms with Crippen molar-refractivity contribution in [3.05, 3.63) is 24.1 Å². The van der Waals surface area contributed by atoms with Crippen LogP contribution in [-0.2, 0) is 4.79 Å². The summed E-state index contributed by atoms with van der Waals surface area (Å²) in [6.07, 6.45) is 9.44. The monoisotopic (exact) mass is 402 g/mol. The molecule has 1 atom stereocenters. The predicted molar refractivity (Wildman–Crippen MR) is 108 cm³/mol. The minimum absolute atomic E-state index is 0.00622. The number of methoxy groups -OCH3 is 2. The normalized spacial score (nSPS) is 15.8. The Labute approximate surface area is 171 Å². The van der Waals surface area contributed by atoms with Gasteiger partial charge in [-0.05, 0) is 24.5 Å². The van der Waals surface area contributed by atoms with Gasteiger partial charge in [-0.3, -0.25) is 4.79 Å². The molecule has 2 aromatic rings. The molecule has 0 unspecified atom stereocenters. The summed E-state index contributed by atoms with van der Waals surface area (Å²) in [7, 11) is 3.16. The molecule has 0 spiro atoms. The lowest BCUT2D eigenvalue weighted by atomic mass is 9.84. The molecular formula is C22H30N2O5. The van der Waals surface area contributed by atoms with Crippen molar-refractivity contribution in [1.82, 2.24) is 10.1 Å². The first-order chi connectivity index (χ1) is 14.1. The SMILES string of the molecule is COc1cc(OC)cc(-c2noc([C@H](CCCC3CCCCC3)CC(=O)O)n2)c1. The zero-order valence-corrected chi connectivity index (χ0v) is 17.2. The molecule has 1 saturated carbocycles. The fourth-order valence-electron chi connectivity index (χ4n) is 4.11. The van der Waals surface area contributed by atoms with Crippen LogP contribution in [0.25, 0.3) is 11.4 Å². The summed E-state index contributed by atoms with van der Waals surface area (Å²) >= 11 is 0. The maximum absolute atomic E-state index is 11.4. The lowest BCUT2D eigenvalue weighted by Gasteiger charge is -2.21. The highest BCUT2D eigenvalue weighted by Crippen LogP contribution is 2.33. The van der Waals surface area contributed by atoms with Gasteiger partial charge in [0.25, 0.3) is 0 Å². The highest BCUT2D eigenvalue weighted by molar-refractivity contribution is 5.67. The molecule has 1 aliphatic carbocycles. The summed E-state index contributed by atoms with van der Waals surface area (Å²) in [5, 5.41) is 13.4. The minimum atomic E-state index is -0.851. The molecule has 1 fully saturated rings. The van der Waals surface area contributed by atoms with E-state index in [4.69, 9.17) is 14.0 Å². The van der Waals surface area contributed by atoms with Crippen LogP contribution in [0.4, 0.5) is 0 Å². The quantitative estimate of drug-likeness (QED) is 0.593. The molecule has 0 amide bonds. The Morgan fingerprint density at radius 2 is 1.86 bits per heavy atom. The van der Waals surface area contributed by atoms with E-state index >= 15 is 0 Å². The van der Waals surface area contributed by atoms with Gasteiger partial charge in [-0.1, -0.05) is 50.1 Å². The standard InChI is InChI=1S/C22H30N2O5/c1-27-18-11-17(12-19(14-18)28-2)21-23-22(29-24-21)16(13-20(25)26)10-6-9-15-7-4-3-5-8-15/h11-12,14-16H,3-10,13H2,1-2H3,(H,25,26)/t16-/m1/s1. The molecule has 0 saturated heterocycles. The molecule has 1 aromatic heterocycles. The second-order valence-corrected chi connectivity index (χ2v) is 7.79. The lowest BCUT2D eigenvalue weighted by Crippen LogP contribution is -2.10. The number of benzene rings is 1. The Kier molecular flexibility index (Phi) is 7.49. The van der Waals surface area contributed by atoms with Crippen LogP contribution in [0.15, 0.2) is 22.7 Å². The lowest BCUT2D eigenvalue weighted by molar-refractivity contribution is -0.137. The van der Waals surface area contributed by atoms with Crippen molar-refractivity contribution in [2.75, 3.05) is 14.2 Å². The maximum Gasteiger partial charge on any atom is 0.304 e. The van der Waals surface area contributed by atoms with Crippen molar-refractivity contribution in [3.8, 4) is 22.9 Å². The number of carbonyl (C=O) groups is 1. The highest BCUT2D eigenvalue weighted by atomic mass is 16.5. The zero-order valence-electron chi connectivity index (χ0n) is 17.2. The van der Waals surface area contributed by atoms with E-state index in [1.165, 1.54) is 32.1 Å². The van der Waals surface area contributed by atoms with Crippen molar-refractivity contribution < 1.29 is 23.9 Å². The van der Waals surface area contributed by atoms with E-state index in [0.29, 0.717) is 28.8 Å². The van der Waals surface area contributed by atoms with Crippen LogP contribution in [0, 0.1) is 5.92 Å². The van der Waals surface area contributed by atoms with Crippen LogP contribution < -0.4 is 9.47 Å². The van der Waals surface area contributed by atoms with Crippen LogP contribution in [0.1, 0.15) is 69.6 Å². The fraction of sp³-hybridized carbons (Fsp3) is 0.591. The fourth-order valence-corrected chi connectivity index (χ4v) is 4.11. The van der Waals surface area contributed by atoms with Crippen LogP contribution >= 0.6 is 0 Å². The zero-order chi connectivity index (χ0) is 20.6. The Bertz CT molecular complexity index is 776. The Morgan fingerprint density at radius 3 is 2.48 bits per heavy atom. The number of carboxylic acid groups (broad SMARTS) is 1. The molecule has 0 radical (unpaired) electrons. The molecule has 3 rings (SSSR count). The second-order valence-electron chi connectivity index (χ2n) is 7.79. The first-order valence-electron chi connectivity index (χ1n) is 10.4. The van der Waals surface area contributed by atoms with E-state index in [-0.39, 0.29) is 12.3 Å². The average molecular weight is 402 g/mol. The maximum atomic E-state index is 11.4. The van der Waals surface area contributed by atoms with Crippen LogP contribution in [0.5, 0.6) is 11.5 Å². The molecule has 0 bridgehead atoms. The van der Waals surface area contributed by atoms with Crippen LogP contribution in [0.3, 0.4) is 0 Å². The molecule has 7 nitrogen and oxygen atoms in total. The predicted octanol–water partition coefficient (Wildman–Crippen LogP) is 5.06. The summed E-state index contributed by atoms with van der Waals surface area (Å²) in [6, 6.07) is 5.36. The largest absolute Gasteiger partial charge is 0.497 e. The van der Waals surface area contributed by atoms with Gasteiger partial charge < -0.3 is 19.1 Å². The number of hydrogen-bond acceptors (Lipinski definition) is 6. The summed E-state index contributed by atoms with van der Waals surface area (Å²) < 4.78 is 16.1. The Hall–Kier alpha value is -2.57. The van der Waals surface area contributed by atoms with Gasteiger partial charge in [0, 0.05) is 17.5 Å². The first kappa shape index (κ1) is 21.1. The number of aromatic nitrogens is 2. The second kappa shape index (κ2) is 10.3. The van der Waals surface area contributed by atoms with E-state index in [9.17, 15) is 9.90 Å². The summed E-state index contributed by atoms with van der Waals surface area (Å²) in [5.41, 5.74) is 0.701. The van der Waals surface area contributed by atoms with Crippen molar-refractivity contribution in [1.29, 1.82) is 0 Å². The highest BCUT2D eigenvalue weighted by Gasteiger charge is 2.24. The average Bonchev–Trinajstić information content (AvgIpc) is 3.23. The molecule has 158 valence electrons. The summed E-state index contributed by atoms with van der Waals surface area (Å²) in [6.45, 7) is 0. The number of hydrogen-bond donors (Lipinski definition) is 1. The van der Waals surface area contributed by atoms with E-state index < -0.39 is 5.97 Å². The van der Waals surface area contributed by atoms with E-state index in [1.807, 2.05) is 0 Å². The molecule has 1 aliphatic rings. The molecule has 0 aliphatic heterocycles. The molecular weight excluding hydrogens is 372 g/mol. The first-order valence-corrected chi connectivity index (χ1v) is 10.4. The van der Waals surface area contributed by atoms with Gasteiger partial charge >= 0.3 is 5.97 Å². The Balaban J connectivity index is 1.70. The number of rotatable bonds is 10. The topological polar surface area (TPSA) is 94.7 Å². The molecule has 1 aromatic carbocycles. The van der Waals surface area contributed by atoms with E-state index in [0.717, 1.165) is 25.2 Å². The van der Waals surface area contributed by atoms with Crippen LogP contribution in [-0.4, -0.2) is 35.4 Å². The van der Waals surface area contributed by atoms with Gasteiger partial charge in [-0.2, -0.15) is 4.98 Å². The van der Waals surface area contributed by atoms with Gasteiger partial charge in [0.2, 0.25) is 11.7 Å². The van der Waals surface area contributed by atoms with Crippen molar-refractivity contribution in [2.24, 2.45) is 5.92 Å². The number of ether oxygens (including phenoxy) is 2. The molecule has 1 heterocycles. The van der Waals surface area contributed by atoms with Gasteiger partial charge in [0.15, 0.2) is 0 Å². The molecule has 7 heteroatoms.